The Bertz CT molecular complexity index is 212. The Kier molecular flexibility index (Phi) is 8.23. The molecule has 0 radical (unpaired) electrons. The zero-order chi connectivity index (χ0) is 13.4. The van der Waals surface area contributed by atoms with E-state index in [0.29, 0.717) is 12.0 Å². The molecule has 0 heterocycles. The number of carbonyl (C=O) groups is 1. The molecule has 0 rings (SSSR count). The fraction of sp³-hybridized carbons (Fsp3) is 0.929. The quantitative estimate of drug-likeness (QED) is 0.675. The highest BCUT2D eigenvalue weighted by atomic mass is 16.4. The first-order valence-corrected chi connectivity index (χ1v) is 6.96. The van der Waals surface area contributed by atoms with E-state index in [1.165, 1.54) is 0 Å². The monoisotopic (exact) mass is 243 g/mol. The van der Waals surface area contributed by atoms with Gasteiger partial charge in [0.2, 0.25) is 0 Å². The van der Waals surface area contributed by atoms with Crippen molar-refractivity contribution in [3.63, 3.8) is 0 Å². The maximum atomic E-state index is 11.4. The molecule has 0 amide bonds. The van der Waals surface area contributed by atoms with Gasteiger partial charge in [0.15, 0.2) is 0 Å². The summed E-state index contributed by atoms with van der Waals surface area (Å²) >= 11 is 0. The zero-order valence-corrected chi connectivity index (χ0v) is 12.1. The van der Waals surface area contributed by atoms with Crippen molar-refractivity contribution in [3.8, 4) is 0 Å². The largest absolute Gasteiger partial charge is 0.480 e. The molecule has 0 aliphatic heterocycles. The summed E-state index contributed by atoms with van der Waals surface area (Å²) in [5.41, 5.74) is 0. The Balaban J connectivity index is 4.88. The van der Waals surface area contributed by atoms with Crippen LogP contribution in [0.2, 0.25) is 0 Å². The van der Waals surface area contributed by atoms with Crippen LogP contribution in [0.3, 0.4) is 0 Å². The molecule has 1 unspecified atom stereocenters. The third kappa shape index (κ3) is 5.53. The summed E-state index contributed by atoms with van der Waals surface area (Å²) in [6.45, 7) is 11.5. The molecule has 102 valence electrons. The fourth-order valence-corrected chi connectivity index (χ4v) is 2.41. The van der Waals surface area contributed by atoms with Crippen LogP contribution in [-0.2, 0) is 4.79 Å². The molecule has 0 fully saturated rings. The molecule has 0 aromatic heterocycles. The smallest absolute Gasteiger partial charge is 0.320 e. The van der Waals surface area contributed by atoms with Crippen LogP contribution in [0, 0.1) is 5.92 Å². The molecule has 1 N–H and O–H groups in total. The van der Waals surface area contributed by atoms with Gasteiger partial charge in [-0.2, -0.15) is 0 Å². The van der Waals surface area contributed by atoms with Gasteiger partial charge < -0.3 is 5.11 Å². The second-order valence-corrected chi connectivity index (χ2v) is 5.20. The number of carboxylic acid groups (broad SMARTS) is 1. The minimum atomic E-state index is -0.667. The predicted octanol–water partition coefficient (Wildman–Crippen LogP) is 3.39. The molecule has 3 heteroatoms. The van der Waals surface area contributed by atoms with Gasteiger partial charge in [-0.15, -0.1) is 0 Å². The van der Waals surface area contributed by atoms with E-state index in [1.54, 1.807) is 0 Å². The van der Waals surface area contributed by atoms with Crippen molar-refractivity contribution < 1.29 is 9.90 Å². The molecule has 0 aromatic rings. The lowest BCUT2D eigenvalue weighted by atomic mass is 10.0. The summed E-state index contributed by atoms with van der Waals surface area (Å²) in [7, 11) is 0. The Hall–Kier alpha value is -0.570. The zero-order valence-electron chi connectivity index (χ0n) is 12.1. The van der Waals surface area contributed by atoms with E-state index in [2.05, 4.69) is 39.5 Å². The summed E-state index contributed by atoms with van der Waals surface area (Å²) in [5.74, 6) is -0.159. The van der Waals surface area contributed by atoms with Gasteiger partial charge in [0.1, 0.15) is 6.04 Å². The minimum absolute atomic E-state index is 0.313. The lowest BCUT2D eigenvalue weighted by Gasteiger charge is -2.36. The van der Waals surface area contributed by atoms with Crippen LogP contribution in [0.1, 0.15) is 60.3 Å². The lowest BCUT2D eigenvalue weighted by molar-refractivity contribution is -0.145. The van der Waals surface area contributed by atoms with Crippen LogP contribution in [0.25, 0.3) is 0 Å². The number of carboxylic acids is 1. The number of rotatable bonds is 9. The summed E-state index contributed by atoms with van der Waals surface area (Å²) in [6.07, 6.45) is 3.72. The second-order valence-electron chi connectivity index (χ2n) is 5.20. The highest BCUT2D eigenvalue weighted by Crippen LogP contribution is 2.18. The van der Waals surface area contributed by atoms with Crippen LogP contribution in [0.5, 0.6) is 0 Å². The third-order valence-electron chi connectivity index (χ3n) is 3.23. The van der Waals surface area contributed by atoms with Gasteiger partial charge in [0.25, 0.3) is 0 Å². The van der Waals surface area contributed by atoms with Crippen molar-refractivity contribution in [2.45, 2.75) is 72.4 Å². The van der Waals surface area contributed by atoms with Crippen molar-refractivity contribution in [1.29, 1.82) is 0 Å². The second kappa shape index (κ2) is 8.51. The normalized spacial score (nSPS) is 13.6. The molecule has 17 heavy (non-hydrogen) atoms. The van der Waals surface area contributed by atoms with Crippen LogP contribution in [0.4, 0.5) is 0 Å². The SMILES string of the molecule is CCCC(C(=O)O)N(CC(C)C)C(CC)CC. The molecule has 0 aliphatic rings. The van der Waals surface area contributed by atoms with E-state index in [4.69, 9.17) is 0 Å². The summed E-state index contributed by atoms with van der Waals surface area (Å²) < 4.78 is 0. The number of hydrogen-bond acceptors (Lipinski definition) is 2. The summed E-state index contributed by atoms with van der Waals surface area (Å²) in [6, 6.07) is 0.0809. The number of nitrogens with zero attached hydrogens (tertiary/aromatic N) is 1. The maximum Gasteiger partial charge on any atom is 0.320 e. The van der Waals surface area contributed by atoms with E-state index in [0.717, 1.165) is 32.2 Å². The van der Waals surface area contributed by atoms with Crippen LogP contribution in [-0.4, -0.2) is 34.6 Å². The average molecular weight is 243 g/mol. The third-order valence-corrected chi connectivity index (χ3v) is 3.23. The van der Waals surface area contributed by atoms with Gasteiger partial charge in [0, 0.05) is 12.6 Å². The topological polar surface area (TPSA) is 40.5 Å². The van der Waals surface area contributed by atoms with Crippen molar-refractivity contribution in [2.75, 3.05) is 6.54 Å². The van der Waals surface area contributed by atoms with E-state index < -0.39 is 5.97 Å². The van der Waals surface area contributed by atoms with E-state index in [-0.39, 0.29) is 6.04 Å². The van der Waals surface area contributed by atoms with Crippen molar-refractivity contribution >= 4 is 5.97 Å². The minimum Gasteiger partial charge on any atom is -0.480 e. The summed E-state index contributed by atoms with van der Waals surface area (Å²) in [5, 5.41) is 9.39. The van der Waals surface area contributed by atoms with Crippen LogP contribution >= 0.6 is 0 Å². The molecule has 0 aromatic carbocycles. The molecule has 0 saturated carbocycles. The van der Waals surface area contributed by atoms with Gasteiger partial charge in [-0.05, 0) is 25.2 Å². The van der Waals surface area contributed by atoms with Gasteiger partial charge >= 0.3 is 5.97 Å². The van der Waals surface area contributed by atoms with Gasteiger partial charge in [-0.25, -0.2) is 0 Å². The number of hydrogen-bond donors (Lipinski definition) is 1. The van der Waals surface area contributed by atoms with E-state index in [1.807, 2.05) is 0 Å². The predicted molar refractivity (Wildman–Crippen MR) is 72.2 cm³/mol. The Morgan fingerprint density at radius 3 is 2.00 bits per heavy atom. The molecule has 0 bridgehead atoms. The highest BCUT2D eigenvalue weighted by Gasteiger charge is 2.29. The first-order chi connectivity index (χ1) is 7.97. The molecular weight excluding hydrogens is 214 g/mol. The van der Waals surface area contributed by atoms with Crippen LogP contribution in [0.15, 0.2) is 0 Å². The van der Waals surface area contributed by atoms with Gasteiger partial charge in [0.05, 0.1) is 0 Å². The van der Waals surface area contributed by atoms with Crippen molar-refractivity contribution in [3.05, 3.63) is 0 Å². The lowest BCUT2D eigenvalue weighted by Crippen LogP contribution is -2.48. The number of aliphatic carboxylic acids is 1. The van der Waals surface area contributed by atoms with E-state index >= 15 is 0 Å². The molecule has 3 nitrogen and oxygen atoms in total. The van der Waals surface area contributed by atoms with Crippen molar-refractivity contribution in [2.24, 2.45) is 5.92 Å². The maximum absolute atomic E-state index is 11.4. The van der Waals surface area contributed by atoms with Crippen LogP contribution < -0.4 is 0 Å². The highest BCUT2D eigenvalue weighted by molar-refractivity contribution is 5.73. The molecular formula is C14H29NO2. The first kappa shape index (κ1) is 16.4. The fourth-order valence-electron chi connectivity index (χ4n) is 2.41. The van der Waals surface area contributed by atoms with Crippen molar-refractivity contribution in [1.82, 2.24) is 4.90 Å². The standard InChI is InChI=1S/C14H29NO2/c1-6-9-13(14(16)17)15(10-11(4)5)12(7-2)8-3/h11-13H,6-10H2,1-5H3,(H,16,17). The average Bonchev–Trinajstić information content (AvgIpc) is 2.25. The van der Waals surface area contributed by atoms with E-state index in [9.17, 15) is 9.90 Å². The molecule has 1 atom stereocenters. The van der Waals surface area contributed by atoms with Gasteiger partial charge in [-0.3, -0.25) is 9.69 Å². The molecule has 0 spiro atoms. The molecule has 0 saturated heterocycles. The Morgan fingerprint density at radius 2 is 1.71 bits per heavy atom. The van der Waals surface area contributed by atoms with Gasteiger partial charge in [-0.1, -0.05) is 41.0 Å². The Morgan fingerprint density at radius 1 is 1.18 bits per heavy atom. The molecule has 0 aliphatic carbocycles. The summed E-state index contributed by atoms with van der Waals surface area (Å²) in [4.78, 5) is 13.6. The Labute approximate surface area is 106 Å². The first-order valence-electron chi connectivity index (χ1n) is 6.96.